The molecule has 1 aliphatic carbocycles. The third-order valence-corrected chi connectivity index (χ3v) is 3.51. The van der Waals surface area contributed by atoms with Crippen LogP contribution in [0.4, 0.5) is 0 Å². The minimum Gasteiger partial charge on any atom is -0.474 e. The van der Waals surface area contributed by atoms with Gasteiger partial charge in [-0.2, -0.15) is 0 Å². The number of hydrogen-bond acceptors (Lipinski definition) is 3. The number of rotatable bonds is 6. The number of aliphatic imine (C=N–C) groups is 1. The predicted molar refractivity (Wildman–Crippen MR) is 101 cm³/mol. The van der Waals surface area contributed by atoms with Crippen LogP contribution in [0.2, 0.25) is 0 Å². The van der Waals surface area contributed by atoms with Crippen LogP contribution >= 0.6 is 24.0 Å². The Morgan fingerprint density at radius 2 is 2.18 bits per heavy atom. The van der Waals surface area contributed by atoms with Crippen molar-refractivity contribution in [3.05, 3.63) is 23.9 Å². The van der Waals surface area contributed by atoms with Crippen molar-refractivity contribution < 1.29 is 4.74 Å². The fourth-order valence-electron chi connectivity index (χ4n) is 2.33. The zero-order valence-electron chi connectivity index (χ0n) is 13.4. The highest BCUT2D eigenvalue weighted by molar-refractivity contribution is 14.0. The minimum absolute atomic E-state index is 0. The summed E-state index contributed by atoms with van der Waals surface area (Å²) in [6, 6.07) is 3.90. The number of nitrogens with two attached hydrogens (primary N) is 1. The number of nitrogens with one attached hydrogen (secondary N) is 1. The highest BCUT2D eigenvalue weighted by atomic mass is 127. The number of pyridine rings is 1. The normalized spacial score (nSPS) is 15.7. The van der Waals surface area contributed by atoms with E-state index in [2.05, 4.69) is 29.1 Å². The van der Waals surface area contributed by atoms with Crippen molar-refractivity contribution in [2.24, 2.45) is 16.6 Å². The molecule has 22 heavy (non-hydrogen) atoms. The first-order valence-corrected chi connectivity index (χ1v) is 7.79. The van der Waals surface area contributed by atoms with Gasteiger partial charge in [0.05, 0.1) is 6.54 Å². The van der Waals surface area contributed by atoms with E-state index >= 15 is 0 Å². The smallest absolute Gasteiger partial charge is 0.213 e. The predicted octanol–water partition coefficient (Wildman–Crippen LogP) is 3.08. The second-order valence-corrected chi connectivity index (χ2v) is 6.00. The third kappa shape index (κ3) is 6.81. The molecular formula is C16H27IN4O. The van der Waals surface area contributed by atoms with E-state index in [0.717, 1.165) is 24.9 Å². The second kappa shape index (κ2) is 9.86. The Hall–Kier alpha value is -1.05. The number of guanidine groups is 1. The van der Waals surface area contributed by atoms with Crippen molar-refractivity contribution in [2.75, 3.05) is 6.54 Å². The lowest BCUT2D eigenvalue weighted by atomic mass is 10.2. The van der Waals surface area contributed by atoms with Gasteiger partial charge in [-0.1, -0.05) is 13.8 Å². The second-order valence-electron chi connectivity index (χ2n) is 6.00. The maximum atomic E-state index is 5.90. The summed E-state index contributed by atoms with van der Waals surface area (Å²) in [6.45, 7) is 5.65. The average molecular weight is 418 g/mol. The maximum Gasteiger partial charge on any atom is 0.213 e. The van der Waals surface area contributed by atoms with E-state index in [1.165, 1.54) is 12.8 Å². The van der Waals surface area contributed by atoms with Gasteiger partial charge in [0.2, 0.25) is 5.88 Å². The van der Waals surface area contributed by atoms with Crippen LogP contribution in [0.5, 0.6) is 5.88 Å². The van der Waals surface area contributed by atoms with Crippen LogP contribution in [-0.2, 0) is 6.54 Å². The van der Waals surface area contributed by atoms with E-state index in [9.17, 15) is 0 Å². The van der Waals surface area contributed by atoms with Crippen LogP contribution in [0, 0.1) is 5.92 Å². The summed E-state index contributed by atoms with van der Waals surface area (Å²) in [6.07, 6.45) is 6.88. The molecule has 0 amide bonds. The summed E-state index contributed by atoms with van der Waals surface area (Å²) in [5, 5.41) is 3.11. The monoisotopic (exact) mass is 418 g/mol. The molecule has 0 spiro atoms. The Bertz CT molecular complexity index is 473. The molecule has 1 aliphatic rings. The Balaban J connectivity index is 0.00000242. The third-order valence-electron chi connectivity index (χ3n) is 3.51. The fraction of sp³-hybridized carbons (Fsp3) is 0.625. The zero-order chi connectivity index (χ0) is 15.1. The molecule has 0 unspecified atom stereocenters. The summed E-state index contributed by atoms with van der Waals surface area (Å²) < 4.78 is 5.90. The van der Waals surface area contributed by atoms with Crippen molar-refractivity contribution in [1.29, 1.82) is 0 Å². The van der Waals surface area contributed by atoms with Gasteiger partial charge in [0.15, 0.2) is 5.96 Å². The minimum atomic E-state index is 0. The molecule has 1 fully saturated rings. The molecule has 0 saturated heterocycles. The Kier molecular flexibility index (Phi) is 8.52. The first-order valence-electron chi connectivity index (χ1n) is 7.79. The van der Waals surface area contributed by atoms with Crippen LogP contribution in [0.15, 0.2) is 23.3 Å². The van der Waals surface area contributed by atoms with Crippen LogP contribution in [0.25, 0.3) is 0 Å². The molecule has 2 rings (SSSR count). The molecule has 0 radical (unpaired) electrons. The van der Waals surface area contributed by atoms with Gasteiger partial charge >= 0.3 is 0 Å². The van der Waals surface area contributed by atoms with Crippen molar-refractivity contribution in [3.8, 4) is 5.88 Å². The van der Waals surface area contributed by atoms with Gasteiger partial charge in [-0.3, -0.25) is 0 Å². The molecule has 5 nitrogen and oxygen atoms in total. The lowest BCUT2D eigenvalue weighted by Gasteiger charge is -2.12. The average Bonchev–Trinajstić information content (AvgIpc) is 2.96. The van der Waals surface area contributed by atoms with E-state index in [-0.39, 0.29) is 24.0 Å². The van der Waals surface area contributed by atoms with Gasteiger partial charge in [0.1, 0.15) is 6.10 Å². The number of halogens is 1. The standard InChI is InChI=1S/C16H26N4O.HI/c1-12(2)10-19-16(17)20-11-13-7-8-18-15(9-13)21-14-5-3-4-6-14;/h7-9,12,14H,3-6,10-11H2,1-2H3,(H3,17,19,20);1H. The van der Waals surface area contributed by atoms with Crippen molar-refractivity contribution in [2.45, 2.75) is 52.2 Å². The molecule has 0 aromatic carbocycles. The zero-order valence-corrected chi connectivity index (χ0v) is 15.7. The molecule has 0 bridgehead atoms. The van der Waals surface area contributed by atoms with Gasteiger partial charge in [-0.05, 0) is 43.2 Å². The SMILES string of the molecule is CC(C)CNC(N)=NCc1ccnc(OC2CCCC2)c1.I. The van der Waals surface area contributed by atoms with E-state index in [1.54, 1.807) is 6.20 Å². The summed E-state index contributed by atoms with van der Waals surface area (Å²) in [5.74, 6) is 1.73. The number of aromatic nitrogens is 1. The summed E-state index contributed by atoms with van der Waals surface area (Å²) >= 11 is 0. The maximum absolute atomic E-state index is 5.90. The van der Waals surface area contributed by atoms with Gasteiger partial charge in [0, 0.05) is 18.8 Å². The van der Waals surface area contributed by atoms with Crippen LogP contribution in [-0.4, -0.2) is 23.6 Å². The highest BCUT2D eigenvalue weighted by Gasteiger charge is 2.16. The molecule has 3 N–H and O–H groups in total. The molecule has 6 heteroatoms. The molecule has 1 aromatic heterocycles. The first kappa shape index (κ1) is 19.0. The molecule has 1 heterocycles. The van der Waals surface area contributed by atoms with Gasteiger partial charge in [-0.25, -0.2) is 9.98 Å². The Morgan fingerprint density at radius 1 is 1.45 bits per heavy atom. The van der Waals surface area contributed by atoms with E-state index in [4.69, 9.17) is 10.5 Å². The number of nitrogens with zero attached hydrogens (tertiary/aromatic N) is 2. The summed E-state index contributed by atoms with van der Waals surface area (Å²) in [4.78, 5) is 8.61. The van der Waals surface area contributed by atoms with Crippen LogP contribution in [0.1, 0.15) is 45.1 Å². The number of ether oxygens (including phenoxy) is 1. The van der Waals surface area contributed by atoms with Crippen molar-refractivity contribution >= 4 is 29.9 Å². The molecule has 0 atom stereocenters. The van der Waals surface area contributed by atoms with Gasteiger partial charge in [0.25, 0.3) is 0 Å². The molecule has 124 valence electrons. The largest absolute Gasteiger partial charge is 0.474 e. The van der Waals surface area contributed by atoms with E-state index < -0.39 is 0 Å². The highest BCUT2D eigenvalue weighted by Crippen LogP contribution is 2.23. The summed E-state index contributed by atoms with van der Waals surface area (Å²) in [5.41, 5.74) is 6.89. The summed E-state index contributed by atoms with van der Waals surface area (Å²) in [7, 11) is 0. The Labute approximate surface area is 150 Å². The quantitative estimate of drug-likeness (QED) is 0.423. The van der Waals surface area contributed by atoms with E-state index in [0.29, 0.717) is 30.4 Å². The van der Waals surface area contributed by atoms with Crippen molar-refractivity contribution in [1.82, 2.24) is 10.3 Å². The lowest BCUT2D eigenvalue weighted by Crippen LogP contribution is -2.34. The topological polar surface area (TPSA) is 72.5 Å². The van der Waals surface area contributed by atoms with Gasteiger partial charge in [-0.15, -0.1) is 24.0 Å². The van der Waals surface area contributed by atoms with Crippen LogP contribution in [0.3, 0.4) is 0 Å². The first-order chi connectivity index (χ1) is 10.1. The van der Waals surface area contributed by atoms with Crippen LogP contribution < -0.4 is 15.8 Å². The molecule has 1 saturated carbocycles. The van der Waals surface area contributed by atoms with Crippen molar-refractivity contribution in [3.63, 3.8) is 0 Å². The van der Waals surface area contributed by atoms with E-state index in [1.807, 2.05) is 12.1 Å². The molecule has 1 aromatic rings. The lowest BCUT2D eigenvalue weighted by molar-refractivity contribution is 0.201. The van der Waals surface area contributed by atoms with Gasteiger partial charge < -0.3 is 15.8 Å². The fourth-order valence-corrected chi connectivity index (χ4v) is 2.33. The molecule has 0 aliphatic heterocycles. The Morgan fingerprint density at radius 3 is 2.86 bits per heavy atom. The number of hydrogen-bond donors (Lipinski definition) is 2. The molecular weight excluding hydrogens is 391 g/mol.